The zero-order valence-electron chi connectivity index (χ0n) is 28.0. The third-order valence-corrected chi connectivity index (χ3v) is 8.12. The van der Waals surface area contributed by atoms with Crippen molar-refractivity contribution in [3.05, 3.63) is 43.1 Å². The topological polar surface area (TPSA) is 145 Å². The Morgan fingerprint density at radius 1 is 1.15 bits per heavy atom. The van der Waals surface area contributed by atoms with E-state index in [1.807, 2.05) is 39.0 Å². The highest BCUT2D eigenvalue weighted by molar-refractivity contribution is 5.97. The summed E-state index contributed by atoms with van der Waals surface area (Å²) in [7, 11) is 1.59. The van der Waals surface area contributed by atoms with Gasteiger partial charge in [0.1, 0.15) is 35.1 Å². The quantitative estimate of drug-likeness (QED) is 0.290. The summed E-state index contributed by atoms with van der Waals surface area (Å²) in [4.78, 5) is 59.9. The first-order valence-electron chi connectivity index (χ1n) is 15.5. The number of alkyl carbamates (subject to hydrolysis) is 1. The van der Waals surface area contributed by atoms with Crippen molar-refractivity contribution in [1.82, 2.24) is 20.5 Å². The molecule has 1 aliphatic carbocycles. The highest BCUT2D eigenvalue weighted by atomic mass is 16.6. The molecule has 2 fully saturated rings. The molecular weight excluding hydrogens is 592 g/mol. The number of likely N-dealkylation sites (tertiary alicyclic amines) is 1. The maximum absolute atomic E-state index is 14.3. The van der Waals surface area contributed by atoms with Crippen LogP contribution in [-0.2, 0) is 23.9 Å². The summed E-state index contributed by atoms with van der Waals surface area (Å²) in [5.41, 5.74) is -2.79. The molecule has 3 amide bonds. The molecule has 12 heteroatoms. The molecule has 1 saturated heterocycles. The van der Waals surface area contributed by atoms with Crippen molar-refractivity contribution >= 4 is 34.6 Å². The summed E-state index contributed by atoms with van der Waals surface area (Å²) in [5, 5.41) is 7.19. The van der Waals surface area contributed by atoms with Crippen LogP contribution in [0.5, 0.6) is 11.6 Å². The Bertz CT molecular complexity index is 1500. The highest BCUT2D eigenvalue weighted by Crippen LogP contribution is 2.46. The number of ether oxygens (including phenoxy) is 4. The minimum absolute atomic E-state index is 0.0328. The molecule has 0 radical (unpaired) electrons. The number of fused-ring (bicyclic) bond motifs is 1. The van der Waals surface area contributed by atoms with E-state index >= 15 is 0 Å². The molecule has 46 heavy (non-hydrogen) atoms. The number of carbonyl (C=O) groups excluding carboxylic acids is 4. The first-order valence-corrected chi connectivity index (χ1v) is 15.5. The lowest BCUT2D eigenvalue weighted by Crippen LogP contribution is -2.59. The van der Waals surface area contributed by atoms with Crippen LogP contribution >= 0.6 is 0 Å². The van der Waals surface area contributed by atoms with Crippen molar-refractivity contribution in [2.24, 2.45) is 11.3 Å². The number of nitrogens with one attached hydrogen (secondary N) is 2. The molecule has 5 atom stereocenters. The summed E-state index contributed by atoms with van der Waals surface area (Å²) >= 11 is 0. The fourth-order valence-electron chi connectivity index (χ4n) is 5.69. The van der Waals surface area contributed by atoms with E-state index in [1.165, 1.54) is 4.90 Å². The molecule has 2 aromatic rings. The molecule has 1 saturated carbocycles. The Labute approximate surface area is 270 Å². The maximum Gasteiger partial charge on any atom is 0.408 e. The second kappa shape index (κ2) is 13.2. The lowest BCUT2D eigenvalue weighted by molar-refractivity contribution is -0.150. The number of hydrogen-bond acceptors (Lipinski definition) is 9. The van der Waals surface area contributed by atoms with E-state index in [9.17, 15) is 19.2 Å². The van der Waals surface area contributed by atoms with Crippen molar-refractivity contribution in [3.8, 4) is 11.6 Å². The average molecular weight is 639 g/mol. The van der Waals surface area contributed by atoms with Gasteiger partial charge in [0.15, 0.2) is 0 Å². The lowest BCUT2D eigenvalue weighted by atomic mass is 9.85. The van der Waals surface area contributed by atoms with E-state index in [0.29, 0.717) is 18.1 Å². The molecule has 4 rings (SSSR count). The zero-order valence-corrected chi connectivity index (χ0v) is 28.0. The van der Waals surface area contributed by atoms with Gasteiger partial charge in [-0.05, 0) is 69.2 Å². The van der Waals surface area contributed by atoms with Gasteiger partial charge < -0.3 is 34.5 Å². The zero-order chi connectivity index (χ0) is 34.0. The van der Waals surface area contributed by atoms with Crippen molar-refractivity contribution in [2.45, 2.75) is 90.6 Å². The molecule has 2 aliphatic rings. The maximum atomic E-state index is 14.3. The van der Waals surface area contributed by atoms with Crippen LogP contribution in [-0.4, -0.2) is 83.3 Å². The second-order valence-corrected chi connectivity index (χ2v) is 13.9. The Hall–Kier alpha value is -4.35. The minimum Gasteiger partial charge on any atom is -0.497 e. The van der Waals surface area contributed by atoms with Crippen LogP contribution < -0.4 is 20.1 Å². The van der Waals surface area contributed by atoms with Gasteiger partial charge in [-0.25, -0.2) is 14.6 Å². The van der Waals surface area contributed by atoms with E-state index in [-0.39, 0.29) is 25.5 Å². The summed E-state index contributed by atoms with van der Waals surface area (Å²) in [5.74, 6) is -0.848. The third kappa shape index (κ3) is 7.54. The van der Waals surface area contributed by atoms with Gasteiger partial charge in [-0.15, -0.1) is 6.58 Å². The third-order valence-electron chi connectivity index (χ3n) is 8.12. The Kier molecular flexibility index (Phi) is 9.89. The Morgan fingerprint density at radius 2 is 1.87 bits per heavy atom. The second-order valence-electron chi connectivity index (χ2n) is 13.9. The van der Waals surface area contributed by atoms with Crippen molar-refractivity contribution in [2.75, 3.05) is 20.3 Å². The number of hydrogen-bond donors (Lipinski definition) is 2. The molecular formula is C34H46N4O8. The van der Waals surface area contributed by atoms with Crippen molar-refractivity contribution in [1.29, 1.82) is 0 Å². The van der Waals surface area contributed by atoms with Gasteiger partial charge in [-0.2, -0.15) is 0 Å². The Morgan fingerprint density at radius 3 is 2.46 bits per heavy atom. The molecule has 0 bridgehead atoms. The van der Waals surface area contributed by atoms with Crippen molar-refractivity contribution in [3.63, 3.8) is 0 Å². The number of esters is 1. The Balaban J connectivity index is 1.66. The summed E-state index contributed by atoms with van der Waals surface area (Å²) in [6.07, 6.45) is 2.31. The molecule has 2 N–H and O–H groups in total. The van der Waals surface area contributed by atoms with Gasteiger partial charge in [0.05, 0.1) is 20.3 Å². The first kappa shape index (κ1) is 34.5. The van der Waals surface area contributed by atoms with E-state index in [1.54, 1.807) is 53.1 Å². The molecule has 5 unspecified atom stereocenters. The van der Waals surface area contributed by atoms with Gasteiger partial charge >= 0.3 is 12.1 Å². The number of aromatic nitrogens is 1. The molecule has 12 nitrogen and oxygen atoms in total. The number of carbonyl (C=O) groups is 4. The normalized spacial score (nSPS) is 23.2. The molecule has 2 heterocycles. The van der Waals surface area contributed by atoms with Crippen LogP contribution in [0.15, 0.2) is 43.1 Å². The summed E-state index contributed by atoms with van der Waals surface area (Å²) in [6, 6.07) is 5.28. The predicted molar refractivity (Wildman–Crippen MR) is 171 cm³/mol. The van der Waals surface area contributed by atoms with E-state index < -0.39 is 58.6 Å². The van der Waals surface area contributed by atoms with Gasteiger partial charge in [0.25, 0.3) is 0 Å². The van der Waals surface area contributed by atoms with Crippen LogP contribution in [0.2, 0.25) is 0 Å². The smallest absolute Gasteiger partial charge is 0.408 e. The van der Waals surface area contributed by atoms with Gasteiger partial charge in [-0.1, -0.05) is 26.8 Å². The number of amides is 3. The highest BCUT2D eigenvalue weighted by Gasteiger charge is 2.62. The van der Waals surface area contributed by atoms with Crippen LogP contribution in [0, 0.1) is 11.3 Å². The van der Waals surface area contributed by atoms with Crippen LogP contribution in [0.1, 0.15) is 61.3 Å². The fraction of sp³-hybridized carbons (Fsp3) is 0.559. The van der Waals surface area contributed by atoms with E-state index in [2.05, 4.69) is 22.2 Å². The standard InChI is InChI=1S/C34H46N4O8/c1-10-21-18-34(21,30(41)44-11-2)37-27(39)25-17-23(45-28-24-13-12-22(43-9)16-20(24)14-15-35-28)19-38(25)29(40)26(32(3,4)5)36-31(42)46-33(6,7)8/h10,12-16,21,23,25-26H,1,11,17-19H2,2-9H3,(H,36,42)(H,37,39). The molecule has 250 valence electrons. The SMILES string of the molecule is C=CC1CC1(NC(=O)C1CC(Oc2nccc3cc(OC)ccc23)CN1C(=O)C(NC(=O)OC(C)(C)C)C(C)(C)C)C(=O)OCC. The van der Waals surface area contributed by atoms with E-state index in [4.69, 9.17) is 18.9 Å². The number of nitrogens with zero attached hydrogens (tertiary/aromatic N) is 2. The van der Waals surface area contributed by atoms with E-state index in [0.717, 1.165) is 10.8 Å². The first-order chi connectivity index (χ1) is 21.5. The monoisotopic (exact) mass is 638 g/mol. The fourth-order valence-corrected chi connectivity index (χ4v) is 5.69. The average Bonchev–Trinajstić information content (AvgIpc) is 3.53. The lowest BCUT2D eigenvalue weighted by Gasteiger charge is -2.36. The predicted octanol–water partition coefficient (Wildman–Crippen LogP) is 4.16. The summed E-state index contributed by atoms with van der Waals surface area (Å²) in [6.45, 7) is 16.3. The van der Waals surface area contributed by atoms with Crippen molar-refractivity contribution < 1.29 is 38.1 Å². The molecule has 1 aliphatic heterocycles. The van der Waals surface area contributed by atoms with Gasteiger partial charge in [0, 0.05) is 23.9 Å². The van der Waals surface area contributed by atoms with Crippen LogP contribution in [0.4, 0.5) is 4.79 Å². The van der Waals surface area contributed by atoms with Gasteiger partial charge in [0.2, 0.25) is 17.7 Å². The number of methoxy groups -OCH3 is 1. The van der Waals surface area contributed by atoms with Gasteiger partial charge in [-0.3, -0.25) is 9.59 Å². The minimum atomic E-state index is -1.25. The molecule has 1 aromatic carbocycles. The molecule has 0 spiro atoms. The molecule has 1 aromatic heterocycles. The number of benzene rings is 1. The number of rotatable bonds is 10. The summed E-state index contributed by atoms with van der Waals surface area (Å²) < 4.78 is 22.4. The van der Waals surface area contributed by atoms with Crippen LogP contribution in [0.3, 0.4) is 0 Å². The number of pyridine rings is 1. The largest absolute Gasteiger partial charge is 0.497 e. The van der Waals surface area contributed by atoms with Crippen LogP contribution in [0.25, 0.3) is 10.8 Å².